The van der Waals surface area contributed by atoms with Crippen LogP contribution in [0.15, 0.2) is 0 Å². The first-order valence-electron chi connectivity index (χ1n) is 7.41. The second kappa shape index (κ2) is 10.4. The topological polar surface area (TPSA) is 64.6 Å². The molecule has 20 heavy (non-hydrogen) atoms. The van der Waals surface area contributed by atoms with Crippen LogP contribution in [0.25, 0.3) is 0 Å². The third-order valence-corrected chi connectivity index (χ3v) is 5.06. The molecule has 0 amide bonds. The lowest BCUT2D eigenvalue weighted by Crippen LogP contribution is -2.43. The van der Waals surface area contributed by atoms with Crippen LogP contribution < -0.4 is 5.32 Å². The monoisotopic (exact) mass is 307 g/mol. The Morgan fingerprint density at radius 1 is 1.30 bits per heavy atom. The average Bonchev–Trinajstić information content (AvgIpc) is 2.40. The van der Waals surface area contributed by atoms with Gasteiger partial charge in [0, 0.05) is 18.9 Å². The molecule has 0 unspecified atom stereocenters. The van der Waals surface area contributed by atoms with Gasteiger partial charge < -0.3 is 14.6 Å². The van der Waals surface area contributed by atoms with Gasteiger partial charge in [0.05, 0.1) is 13.7 Å². The maximum Gasteiger partial charge on any atom is 0.322 e. The first-order chi connectivity index (χ1) is 9.36. The molecule has 5 nitrogen and oxygen atoms in total. The van der Waals surface area contributed by atoms with Gasteiger partial charge in [-0.25, -0.2) is 0 Å². The number of ether oxygens (including phenoxy) is 1. The van der Waals surface area contributed by atoms with Crippen LogP contribution in [-0.2, 0) is 18.6 Å². The third kappa shape index (κ3) is 8.72. The van der Waals surface area contributed by atoms with E-state index in [-0.39, 0.29) is 18.1 Å². The van der Waals surface area contributed by atoms with Gasteiger partial charge in [0.15, 0.2) is 7.37 Å². The molecule has 0 heterocycles. The molecule has 0 aliphatic rings. The van der Waals surface area contributed by atoms with Crippen LogP contribution in [0.5, 0.6) is 0 Å². The van der Waals surface area contributed by atoms with E-state index in [1.165, 1.54) is 7.11 Å². The molecule has 0 aliphatic carbocycles. The molecule has 1 N–H and O–H groups in total. The molecule has 0 saturated carbocycles. The highest BCUT2D eigenvalue weighted by Crippen LogP contribution is 2.43. The van der Waals surface area contributed by atoms with E-state index < -0.39 is 7.37 Å². The van der Waals surface area contributed by atoms with Crippen molar-refractivity contribution < 1.29 is 18.6 Å². The minimum absolute atomic E-state index is 0.102. The Morgan fingerprint density at radius 3 is 2.45 bits per heavy atom. The number of hydrogen-bond donors (Lipinski definition) is 1. The standard InChI is InChI=1S/C14H30NO4P/c1-6-8-9-13(14(16)18-4)15-12(3)10-11-20(5,17)19-7-2/h12-13,15H,6-11H2,1-5H3/t12-,13-,20+/m0/s1. The summed E-state index contributed by atoms with van der Waals surface area (Å²) < 4.78 is 22.1. The van der Waals surface area contributed by atoms with E-state index in [4.69, 9.17) is 9.26 Å². The number of nitrogens with one attached hydrogen (secondary N) is 1. The number of methoxy groups -OCH3 is 1. The highest BCUT2D eigenvalue weighted by Gasteiger charge is 2.22. The van der Waals surface area contributed by atoms with Crippen LogP contribution in [0.1, 0.15) is 46.5 Å². The van der Waals surface area contributed by atoms with E-state index in [1.54, 1.807) is 6.66 Å². The zero-order valence-corrected chi connectivity index (χ0v) is 14.4. The lowest BCUT2D eigenvalue weighted by atomic mass is 10.1. The van der Waals surface area contributed by atoms with Crippen LogP contribution in [0.4, 0.5) is 0 Å². The molecule has 0 saturated heterocycles. The zero-order valence-electron chi connectivity index (χ0n) is 13.5. The van der Waals surface area contributed by atoms with Crippen LogP contribution >= 0.6 is 7.37 Å². The Hall–Kier alpha value is -0.380. The summed E-state index contributed by atoms with van der Waals surface area (Å²) in [5, 5.41) is 3.27. The number of carbonyl (C=O) groups excluding carboxylic acids is 1. The van der Waals surface area contributed by atoms with Crippen molar-refractivity contribution >= 4 is 13.3 Å². The van der Waals surface area contributed by atoms with Gasteiger partial charge in [0.2, 0.25) is 0 Å². The second-order valence-electron chi connectivity index (χ2n) is 5.23. The SMILES string of the molecule is CCCC[C@H](N[C@@H](C)CC[P@](C)(=O)OCC)C(=O)OC. The average molecular weight is 307 g/mol. The summed E-state index contributed by atoms with van der Waals surface area (Å²) in [6.07, 6.45) is 4.02. The van der Waals surface area contributed by atoms with E-state index in [1.807, 2.05) is 13.8 Å². The van der Waals surface area contributed by atoms with Crippen molar-refractivity contribution in [1.29, 1.82) is 0 Å². The molecule has 0 spiro atoms. The summed E-state index contributed by atoms with van der Waals surface area (Å²) in [5.74, 6) is -0.227. The Balaban J connectivity index is 4.27. The van der Waals surface area contributed by atoms with E-state index in [0.717, 1.165) is 19.3 Å². The van der Waals surface area contributed by atoms with Crippen molar-refractivity contribution in [1.82, 2.24) is 5.32 Å². The van der Waals surface area contributed by atoms with Crippen molar-refractivity contribution in [2.24, 2.45) is 0 Å². The molecular weight excluding hydrogens is 277 g/mol. The fourth-order valence-corrected chi connectivity index (χ4v) is 3.54. The summed E-state index contributed by atoms with van der Waals surface area (Å²) in [6.45, 7) is 8.06. The predicted molar refractivity (Wildman–Crippen MR) is 82.6 cm³/mol. The van der Waals surface area contributed by atoms with Crippen molar-refractivity contribution in [3.05, 3.63) is 0 Å². The quantitative estimate of drug-likeness (QED) is 0.469. The van der Waals surface area contributed by atoms with Crippen molar-refractivity contribution in [2.45, 2.75) is 58.5 Å². The van der Waals surface area contributed by atoms with Crippen LogP contribution in [0.2, 0.25) is 0 Å². The molecule has 120 valence electrons. The molecule has 0 radical (unpaired) electrons. The van der Waals surface area contributed by atoms with Crippen molar-refractivity contribution in [3.8, 4) is 0 Å². The Bertz CT molecular complexity index is 322. The van der Waals surface area contributed by atoms with Crippen LogP contribution in [0.3, 0.4) is 0 Å². The summed E-state index contributed by atoms with van der Waals surface area (Å²) in [5.41, 5.74) is 0. The van der Waals surface area contributed by atoms with Gasteiger partial charge in [-0.3, -0.25) is 9.36 Å². The Labute approximate surface area is 123 Å². The number of rotatable bonds is 11. The fourth-order valence-electron chi connectivity index (χ4n) is 2.01. The smallest absolute Gasteiger partial charge is 0.322 e. The van der Waals surface area contributed by atoms with Gasteiger partial charge in [-0.2, -0.15) is 0 Å². The molecule has 0 aromatic rings. The van der Waals surface area contributed by atoms with E-state index in [9.17, 15) is 9.36 Å². The van der Waals surface area contributed by atoms with E-state index in [2.05, 4.69) is 12.2 Å². The lowest BCUT2D eigenvalue weighted by molar-refractivity contribution is -0.143. The predicted octanol–water partition coefficient (Wildman–Crippen LogP) is 3.03. The first kappa shape index (κ1) is 19.6. The fraction of sp³-hybridized carbons (Fsp3) is 0.929. The van der Waals surface area contributed by atoms with Gasteiger partial charge in [-0.05, 0) is 26.7 Å². The number of hydrogen-bond acceptors (Lipinski definition) is 5. The van der Waals surface area contributed by atoms with Gasteiger partial charge in [-0.15, -0.1) is 0 Å². The van der Waals surface area contributed by atoms with Gasteiger partial charge in [0.1, 0.15) is 6.04 Å². The first-order valence-corrected chi connectivity index (χ1v) is 9.67. The van der Waals surface area contributed by atoms with Crippen molar-refractivity contribution in [3.63, 3.8) is 0 Å². The minimum Gasteiger partial charge on any atom is -0.468 e. The summed E-state index contributed by atoms with van der Waals surface area (Å²) in [7, 11) is -1.09. The lowest BCUT2D eigenvalue weighted by Gasteiger charge is -2.22. The molecule has 0 aromatic carbocycles. The summed E-state index contributed by atoms with van der Waals surface area (Å²) in [4.78, 5) is 11.7. The number of carbonyl (C=O) groups is 1. The normalized spacial score (nSPS) is 17.2. The number of unbranched alkanes of at least 4 members (excludes halogenated alkanes) is 1. The molecule has 0 bridgehead atoms. The molecule has 0 fully saturated rings. The Kier molecular flexibility index (Phi) is 10.2. The van der Waals surface area contributed by atoms with Crippen molar-refractivity contribution in [2.75, 3.05) is 26.5 Å². The van der Waals surface area contributed by atoms with Gasteiger partial charge in [-0.1, -0.05) is 19.8 Å². The van der Waals surface area contributed by atoms with Gasteiger partial charge in [0.25, 0.3) is 0 Å². The summed E-state index contributed by atoms with van der Waals surface area (Å²) >= 11 is 0. The minimum atomic E-state index is -2.50. The highest BCUT2D eigenvalue weighted by molar-refractivity contribution is 7.58. The van der Waals surface area contributed by atoms with E-state index >= 15 is 0 Å². The van der Waals surface area contributed by atoms with E-state index in [0.29, 0.717) is 19.2 Å². The molecular formula is C14H30NO4P. The third-order valence-electron chi connectivity index (χ3n) is 3.19. The maximum atomic E-state index is 12.0. The highest BCUT2D eigenvalue weighted by atomic mass is 31.2. The molecule has 6 heteroatoms. The molecule has 0 rings (SSSR count). The number of esters is 1. The maximum absolute atomic E-state index is 12.0. The summed E-state index contributed by atoms with van der Waals surface area (Å²) in [6, 6.07) is -0.178. The van der Waals surface area contributed by atoms with Crippen LogP contribution in [0, 0.1) is 0 Å². The zero-order chi connectivity index (χ0) is 15.6. The Morgan fingerprint density at radius 2 is 1.95 bits per heavy atom. The largest absolute Gasteiger partial charge is 0.468 e. The second-order valence-corrected chi connectivity index (χ2v) is 7.96. The van der Waals surface area contributed by atoms with Crippen LogP contribution in [-0.4, -0.2) is 44.6 Å². The molecule has 0 aromatic heterocycles. The molecule has 0 aliphatic heterocycles. The molecule has 3 atom stereocenters. The van der Waals surface area contributed by atoms with Gasteiger partial charge >= 0.3 is 5.97 Å².